The fourth-order valence-corrected chi connectivity index (χ4v) is 1.76. The zero-order valence-corrected chi connectivity index (χ0v) is 11.3. The Hall–Kier alpha value is -1.00. The van der Waals surface area contributed by atoms with Crippen molar-refractivity contribution in [1.29, 1.82) is 0 Å². The van der Waals surface area contributed by atoms with E-state index < -0.39 is 0 Å². The van der Waals surface area contributed by atoms with E-state index in [9.17, 15) is 0 Å². The van der Waals surface area contributed by atoms with Crippen LogP contribution in [0.3, 0.4) is 0 Å². The van der Waals surface area contributed by atoms with E-state index in [-0.39, 0.29) is 6.10 Å². The van der Waals surface area contributed by atoms with Crippen LogP contribution in [0.2, 0.25) is 0 Å². The van der Waals surface area contributed by atoms with Crippen LogP contribution in [-0.4, -0.2) is 23.6 Å². The van der Waals surface area contributed by atoms with E-state index in [1.807, 2.05) is 13.0 Å². The van der Waals surface area contributed by atoms with Crippen LogP contribution in [-0.2, 0) is 11.3 Å². The molecule has 1 unspecified atom stereocenters. The molecule has 96 valence electrons. The Balaban J connectivity index is 2.86. The van der Waals surface area contributed by atoms with Gasteiger partial charge in [-0.1, -0.05) is 20.3 Å². The molecule has 0 fully saturated rings. The van der Waals surface area contributed by atoms with Crippen molar-refractivity contribution < 1.29 is 4.74 Å². The number of hydrogen-bond donors (Lipinski definition) is 1. The molecule has 0 aliphatic heterocycles. The number of hydrogen-bond acceptors (Lipinski definition) is 4. The lowest BCUT2D eigenvalue weighted by molar-refractivity contribution is 0.0872. The molecule has 0 aliphatic carbocycles. The SMILES string of the molecule is CCCC(OC)c1nc(C)cc(CNCC)n1. The van der Waals surface area contributed by atoms with Crippen molar-refractivity contribution >= 4 is 0 Å². The number of nitrogens with one attached hydrogen (secondary N) is 1. The molecule has 0 spiro atoms. The van der Waals surface area contributed by atoms with E-state index in [0.29, 0.717) is 0 Å². The standard InChI is InChI=1S/C13H23N3O/c1-5-7-12(17-4)13-15-10(3)8-11(16-13)9-14-6-2/h8,12,14H,5-7,9H2,1-4H3. The first-order chi connectivity index (χ1) is 8.21. The Morgan fingerprint density at radius 2 is 2.12 bits per heavy atom. The van der Waals surface area contributed by atoms with Gasteiger partial charge in [-0.15, -0.1) is 0 Å². The molecular weight excluding hydrogens is 214 g/mol. The molecule has 4 heteroatoms. The van der Waals surface area contributed by atoms with Crippen molar-refractivity contribution in [3.8, 4) is 0 Å². The molecule has 1 aromatic rings. The van der Waals surface area contributed by atoms with Gasteiger partial charge >= 0.3 is 0 Å². The van der Waals surface area contributed by atoms with Gasteiger partial charge in [0.2, 0.25) is 0 Å². The highest BCUT2D eigenvalue weighted by molar-refractivity contribution is 5.11. The molecule has 4 nitrogen and oxygen atoms in total. The Bertz CT molecular complexity index is 341. The Morgan fingerprint density at radius 3 is 2.71 bits per heavy atom. The second-order valence-electron chi connectivity index (χ2n) is 4.15. The van der Waals surface area contributed by atoms with E-state index in [0.717, 1.165) is 43.1 Å². The van der Waals surface area contributed by atoms with E-state index in [4.69, 9.17) is 4.74 Å². The van der Waals surface area contributed by atoms with Crippen LogP contribution in [0, 0.1) is 6.92 Å². The number of ether oxygens (including phenoxy) is 1. The van der Waals surface area contributed by atoms with Gasteiger partial charge in [0.15, 0.2) is 5.82 Å². The topological polar surface area (TPSA) is 47.0 Å². The summed E-state index contributed by atoms with van der Waals surface area (Å²) >= 11 is 0. The summed E-state index contributed by atoms with van der Waals surface area (Å²) in [5.41, 5.74) is 2.04. The summed E-state index contributed by atoms with van der Waals surface area (Å²) < 4.78 is 5.45. The molecular formula is C13H23N3O. The first-order valence-corrected chi connectivity index (χ1v) is 6.29. The van der Waals surface area contributed by atoms with E-state index in [1.54, 1.807) is 7.11 Å². The summed E-state index contributed by atoms with van der Waals surface area (Å²) in [5.74, 6) is 0.808. The van der Waals surface area contributed by atoms with E-state index in [2.05, 4.69) is 29.1 Å². The number of methoxy groups -OCH3 is 1. The van der Waals surface area contributed by atoms with Gasteiger partial charge in [0, 0.05) is 19.3 Å². The lowest BCUT2D eigenvalue weighted by atomic mass is 10.2. The average Bonchev–Trinajstić information content (AvgIpc) is 2.32. The van der Waals surface area contributed by atoms with Crippen LogP contribution in [0.25, 0.3) is 0 Å². The molecule has 1 atom stereocenters. The Morgan fingerprint density at radius 1 is 1.35 bits per heavy atom. The maximum Gasteiger partial charge on any atom is 0.157 e. The van der Waals surface area contributed by atoms with E-state index >= 15 is 0 Å². The van der Waals surface area contributed by atoms with Crippen molar-refractivity contribution in [1.82, 2.24) is 15.3 Å². The lowest BCUT2D eigenvalue weighted by Gasteiger charge is -2.14. The van der Waals surface area contributed by atoms with Crippen molar-refractivity contribution in [3.63, 3.8) is 0 Å². The maximum absolute atomic E-state index is 5.45. The van der Waals surface area contributed by atoms with Crippen LogP contribution in [0.15, 0.2) is 6.07 Å². The minimum absolute atomic E-state index is 0.0141. The van der Waals surface area contributed by atoms with Crippen molar-refractivity contribution in [2.45, 2.75) is 46.3 Å². The van der Waals surface area contributed by atoms with Crippen LogP contribution in [0.5, 0.6) is 0 Å². The molecule has 0 amide bonds. The molecule has 0 radical (unpaired) electrons. The van der Waals surface area contributed by atoms with Gasteiger partial charge in [-0.25, -0.2) is 9.97 Å². The molecule has 0 aliphatic rings. The summed E-state index contributed by atoms with van der Waals surface area (Å²) in [4.78, 5) is 9.03. The molecule has 0 saturated carbocycles. The molecule has 0 aromatic carbocycles. The molecule has 1 heterocycles. The lowest BCUT2D eigenvalue weighted by Crippen LogP contribution is -2.16. The predicted octanol–water partition coefficient (Wildman–Crippen LogP) is 2.38. The number of nitrogens with zero attached hydrogens (tertiary/aromatic N) is 2. The minimum Gasteiger partial charge on any atom is -0.373 e. The van der Waals surface area contributed by atoms with Gasteiger partial charge in [-0.3, -0.25) is 0 Å². The molecule has 1 N–H and O–H groups in total. The Kier molecular flexibility index (Phi) is 6.08. The van der Waals surface area contributed by atoms with Gasteiger partial charge < -0.3 is 10.1 Å². The van der Waals surface area contributed by atoms with Crippen LogP contribution in [0.4, 0.5) is 0 Å². The maximum atomic E-state index is 5.45. The summed E-state index contributed by atoms with van der Waals surface area (Å²) in [6, 6.07) is 2.02. The van der Waals surface area contributed by atoms with Crippen LogP contribution < -0.4 is 5.32 Å². The number of rotatable bonds is 7. The summed E-state index contributed by atoms with van der Waals surface area (Å²) in [7, 11) is 1.72. The van der Waals surface area contributed by atoms with Crippen molar-refractivity contribution in [2.75, 3.05) is 13.7 Å². The molecule has 1 rings (SSSR count). The molecule has 17 heavy (non-hydrogen) atoms. The molecule has 0 bridgehead atoms. The van der Waals surface area contributed by atoms with Gasteiger partial charge in [0.05, 0.1) is 5.69 Å². The smallest absolute Gasteiger partial charge is 0.157 e. The van der Waals surface area contributed by atoms with Gasteiger partial charge in [0.1, 0.15) is 6.10 Å². The van der Waals surface area contributed by atoms with Crippen molar-refractivity contribution in [3.05, 3.63) is 23.3 Å². The normalized spacial score (nSPS) is 12.7. The van der Waals surface area contributed by atoms with Gasteiger partial charge in [-0.05, 0) is 26.0 Å². The predicted molar refractivity (Wildman–Crippen MR) is 68.8 cm³/mol. The minimum atomic E-state index is 0.0141. The zero-order valence-electron chi connectivity index (χ0n) is 11.3. The second-order valence-corrected chi connectivity index (χ2v) is 4.15. The molecule has 1 aromatic heterocycles. The third-order valence-electron chi connectivity index (χ3n) is 2.60. The van der Waals surface area contributed by atoms with E-state index in [1.165, 1.54) is 0 Å². The van der Waals surface area contributed by atoms with Gasteiger partial charge in [0.25, 0.3) is 0 Å². The zero-order chi connectivity index (χ0) is 12.7. The number of aryl methyl sites for hydroxylation is 1. The highest BCUT2D eigenvalue weighted by atomic mass is 16.5. The molecule has 0 saturated heterocycles. The average molecular weight is 237 g/mol. The van der Waals surface area contributed by atoms with Gasteiger partial charge in [-0.2, -0.15) is 0 Å². The summed E-state index contributed by atoms with van der Waals surface area (Å²) in [6.07, 6.45) is 2.04. The fourth-order valence-electron chi connectivity index (χ4n) is 1.76. The highest BCUT2D eigenvalue weighted by Crippen LogP contribution is 2.19. The quantitative estimate of drug-likeness (QED) is 0.791. The second kappa shape index (κ2) is 7.35. The largest absolute Gasteiger partial charge is 0.373 e. The first-order valence-electron chi connectivity index (χ1n) is 6.29. The van der Waals surface area contributed by atoms with Crippen molar-refractivity contribution in [2.24, 2.45) is 0 Å². The third-order valence-corrected chi connectivity index (χ3v) is 2.60. The Labute approximate surface area is 104 Å². The highest BCUT2D eigenvalue weighted by Gasteiger charge is 2.13. The number of aromatic nitrogens is 2. The summed E-state index contributed by atoms with van der Waals surface area (Å²) in [6.45, 7) is 7.96. The third kappa shape index (κ3) is 4.40. The first kappa shape index (κ1) is 14.1. The van der Waals surface area contributed by atoms with Crippen LogP contribution in [0.1, 0.15) is 50.0 Å². The van der Waals surface area contributed by atoms with Crippen LogP contribution >= 0.6 is 0 Å². The summed E-state index contributed by atoms with van der Waals surface area (Å²) in [5, 5.41) is 3.28. The fraction of sp³-hybridized carbons (Fsp3) is 0.692. The monoisotopic (exact) mass is 237 g/mol.